The van der Waals surface area contributed by atoms with Crippen LogP contribution in [0.5, 0.6) is 0 Å². The summed E-state index contributed by atoms with van der Waals surface area (Å²) in [5, 5.41) is 0. The molecule has 6 heteroatoms. The van der Waals surface area contributed by atoms with Gasteiger partial charge in [0.05, 0.1) is 0 Å². The fourth-order valence-corrected chi connectivity index (χ4v) is 8.87. The molecule has 0 aliphatic carbocycles. The average Bonchev–Trinajstić information content (AvgIpc) is 3.44. The van der Waals surface area contributed by atoms with E-state index in [2.05, 4.69) is 142 Å². The normalized spacial score (nSPS) is 12.9. The van der Waals surface area contributed by atoms with E-state index < -0.39 is 6.10 Å². The SMILES string of the molecule is CC/C=C\C/C=C\C/C=C\C/C=C\C/C=C\C/C=C\CCCCCCCCCCC(=O)OCC(COC(=O)CCCCCCC/C=C\C/C=C\C/C=C\CC)OC(=O)CCCCCCCCC/C=C\CCCCCCCCC. The summed E-state index contributed by atoms with van der Waals surface area (Å²) in [5.41, 5.74) is 0. The minimum Gasteiger partial charge on any atom is -0.462 e. The number of allylic oxidation sites excluding steroid dienone is 20. The van der Waals surface area contributed by atoms with Gasteiger partial charge >= 0.3 is 17.9 Å². The Bertz CT molecular complexity index is 1620. The molecule has 1 atom stereocenters. The molecule has 0 saturated carbocycles. The van der Waals surface area contributed by atoms with E-state index in [9.17, 15) is 14.4 Å². The summed E-state index contributed by atoms with van der Waals surface area (Å²) in [5.74, 6) is -0.915. The van der Waals surface area contributed by atoms with Gasteiger partial charge in [-0.15, -0.1) is 0 Å². The monoisotopic (exact) mass is 1080 g/mol. The van der Waals surface area contributed by atoms with Crippen LogP contribution in [0, 0.1) is 0 Å². The quantitative estimate of drug-likeness (QED) is 0.0261. The largest absolute Gasteiger partial charge is 0.462 e. The molecular weight excluding hydrogens is 961 g/mol. The maximum atomic E-state index is 12.9. The summed E-state index contributed by atoms with van der Waals surface area (Å²) < 4.78 is 16.9. The number of rotatable bonds is 58. The molecule has 0 amide bonds. The molecule has 0 saturated heterocycles. The smallest absolute Gasteiger partial charge is 0.306 e. The van der Waals surface area contributed by atoms with E-state index in [0.29, 0.717) is 19.3 Å². The Labute approximate surface area is 482 Å². The lowest BCUT2D eigenvalue weighted by molar-refractivity contribution is -0.167. The third kappa shape index (κ3) is 62.7. The molecule has 0 aliphatic rings. The van der Waals surface area contributed by atoms with Gasteiger partial charge in [0.1, 0.15) is 13.2 Å². The lowest BCUT2D eigenvalue weighted by Crippen LogP contribution is -2.30. The van der Waals surface area contributed by atoms with E-state index >= 15 is 0 Å². The number of hydrogen-bond acceptors (Lipinski definition) is 6. The Kier molecular flexibility index (Phi) is 61.8. The zero-order valence-electron chi connectivity index (χ0n) is 50.9. The Morgan fingerprint density at radius 1 is 0.269 bits per heavy atom. The number of ether oxygens (including phenoxy) is 3. The lowest BCUT2D eigenvalue weighted by atomic mass is 10.1. The topological polar surface area (TPSA) is 78.9 Å². The highest BCUT2D eigenvalue weighted by Gasteiger charge is 2.19. The molecule has 444 valence electrons. The van der Waals surface area contributed by atoms with Crippen molar-refractivity contribution in [2.75, 3.05) is 13.2 Å². The molecule has 0 bridgehead atoms. The first kappa shape index (κ1) is 73.8. The molecule has 0 aliphatic heterocycles. The lowest BCUT2D eigenvalue weighted by Gasteiger charge is -2.18. The average molecular weight is 1080 g/mol. The first-order chi connectivity index (χ1) is 38.5. The van der Waals surface area contributed by atoms with Crippen molar-refractivity contribution >= 4 is 17.9 Å². The second-order valence-electron chi connectivity index (χ2n) is 21.3. The molecule has 1 unspecified atom stereocenters. The van der Waals surface area contributed by atoms with Crippen LogP contribution in [-0.2, 0) is 28.6 Å². The van der Waals surface area contributed by atoms with Crippen molar-refractivity contribution in [2.45, 2.75) is 303 Å². The highest BCUT2D eigenvalue weighted by Crippen LogP contribution is 2.15. The van der Waals surface area contributed by atoms with Gasteiger partial charge in [-0.2, -0.15) is 0 Å². The van der Waals surface area contributed by atoms with Crippen LogP contribution in [0.2, 0.25) is 0 Å². The van der Waals surface area contributed by atoms with Crippen LogP contribution in [0.4, 0.5) is 0 Å². The zero-order chi connectivity index (χ0) is 56.4. The van der Waals surface area contributed by atoms with Gasteiger partial charge in [0, 0.05) is 19.3 Å². The second-order valence-corrected chi connectivity index (χ2v) is 21.3. The molecule has 0 N–H and O–H groups in total. The molecule has 0 heterocycles. The molecule has 78 heavy (non-hydrogen) atoms. The molecular formula is C72H120O6. The zero-order valence-corrected chi connectivity index (χ0v) is 50.9. The van der Waals surface area contributed by atoms with Crippen molar-refractivity contribution in [3.05, 3.63) is 122 Å². The van der Waals surface area contributed by atoms with Gasteiger partial charge < -0.3 is 14.2 Å². The minimum atomic E-state index is -0.796. The number of esters is 3. The van der Waals surface area contributed by atoms with Gasteiger partial charge in [-0.3, -0.25) is 14.4 Å². The van der Waals surface area contributed by atoms with Crippen LogP contribution in [0.15, 0.2) is 122 Å². The van der Waals surface area contributed by atoms with Crippen molar-refractivity contribution in [1.82, 2.24) is 0 Å². The van der Waals surface area contributed by atoms with Gasteiger partial charge in [-0.1, -0.05) is 271 Å². The van der Waals surface area contributed by atoms with Crippen LogP contribution in [0.3, 0.4) is 0 Å². The number of unbranched alkanes of at least 4 members (excludes halogenated alkanes) is 27. The summed E-state index contributed by atoms with van der Waals surface area (Å²) in [6.45, 7) is 6.41. The summed E-state index contributed by atoms with van der Waals surface area (Å²) in [7, 11) is 0. The minimum absolute atomic E-state index is 0.0915. The van der Waals surface area contributed by atoms with E-state index in [0.717, 1.165) is 141 Å². The van der Waals surface area contributed by atoms with Gasteiger partial charge in [-0.05, 0) is 128 Å². The van der Waals surface area contributed by atoms with Gasteiger partial charge in [-0.25, -0.2) is 0 Å². The Balaban J connectivity index is 4.38. The summed E-state index contributed by atoms with van der Waals surface area (Å²) >= 11 is 0. The highest BCUT2D eigenvalue weighted by molar-refractivity contribution is 5.71. The van der Waals surface area contributed by atoms with Crippen LogP contribution in [0.25, 0.3) is 0 Å². The van der Waals surface area contributed by atoms with Crippen LogP contribution in [0.1, 0.15) is 297 Å². The van der Waals surface area contributed by atoms with Gasteiger partial charge in [0.25, 0.3) is 0 Å². The number of hydrogen-bond donors (Lipinski definition) is 0. The van der Waals surface area contributed by atoms with E-state index in [4.69, 9.17) is 14.2 Å². The molecule has 0 aromatic rings. The fraction of sp³-hybridized carbons (Fsp3) is 0.681. The molecule has 6 nitrogen and oxygen atoms in total. The van der Waals surface area contributed by atoms with Gasteiger partial charge in [0.2, 0.25) is 0 Å². The summed E-state index contributed by atoms with van der Waals surface area (Å²) in [4.78, 5) is 38.3. The molecule has 0 rings (SSSR count). The molecule has 0 aromatic heterocycles. The molecule has 0 aromatic carbocycles. The Morgan fingerprint density at radius 3 is 0.795 bits per heavy atom. The number of carbonyl (C=O) groups is 3. The summed E-state index contributed by atoms with van der Waals surface area (Å²) in [6.07, 6.45) is 90.6. The predicted molar refractivity (Wildman–Crippen MR) is 339 cm³/mol. The molecule has 0 fully saturated rings. The van der Waals surface area contributed by atoms with E-state index in [-0.39, 0.29) is 31.1 Å². The van der Waals surface area contributed by atoms with Crippen LogP contribution >= 0.6 is 0 Å². The van der Waals surface area contributed by atoms with E-state index in [1.165, 1.54) is 116 Å². The number of carbonyl (C=O) groups excluding carboxylic acids is 3. The molecule has 0 radical (unpaired) electrons. The second kappa shape index (κ2) is 65.3. The molecule has 0 spiro atoms. The van der Waals surface area contributed by atoms with Crippen molar-refractivity contribution in [3.63, 3.8) is 0 Å². The Morgan fingerprint density at radius 2 is 0.500 bits per heavy atom. The third-order valence-corrected chi connectivity index (χ3v) is 13.7. The van der Waals surface area contributed by atoms with Crippen molar-refractivity contribution in [1.29, 1.82) is 0 Å². The fourth-order valence-electron chi connectivity index (χ4n) is 8.87. The van der Waals surface area contributed by atoms with Crippen LogP contribution in [-0.4, -0.2) is 37.2 Å². The predicted octanol–water partition coefficient (Wildman–Crippen LogP) is 22.4. The first-order valence-corrected chi connectivity index (χ1v) is 32.5. The summed E-state index contributed by atoms with van der Waals surface area (Å²) in [6, 6.07) is 0. The maximum Gasteiger partial charge on any atom is 0.306 e. The van der Waals surface area contributed by atoms with Crippen molar-refractivity contribution in [2.24, 2.45) is 0 Å². The third-order valence-electron chi connectivity index (χ3n) is 13.7. The van der Waals surface area contributed by atoms with Crippen molar-refractivity contribution in [3.8, 4) is 0 Å². The van der Waals surface area contributed by atoms with E-state index in [1.807, 2.05) is 0 Å². The first-order valence-electron chi connectivity index (χ1n) is 32.5. The van der Waals surface area contributed by atoms with Crippen molar-refractivity contribution < 1.29 is 28.6 Å². The Hall–Kier alpha value is -4.19. The van der Waals surface area contributed by atoms with Crippen LogP contribution < -0.4 is 0 Å². The van der Waals surface area contributed by atoms with Gasteiger partial charge in [0.15, 0.2) is 6.10 Å². The highest BCUT2D eigenvalue weighted by atomic mass is 16.6. The standard InChI is InChI=1S/C72H120O6/c1-4-7-10-13-16-19-22-25-28-30-32-33-34-35-36-37-38-39-40-42-44-47-50-53-56-59-62-65-71(74)77-68-69(67-76-70(73)64-61-58-55-52-49-46-43-27-24-21-18-15-12-9-6-3)78-72(75)66-63-60-57-54-51-48-45-41-31-29-26-23-20-17-14-11-8-5-2/h7,9-10,12,16,18-19,21,25,27-29,31-33,35-36,38-39,43,69H,4-6,8,11,13-15,17,20,22-24,26,30,34,37,40-42,44-68H2,1-3H3/b10-7-,12-9-,19-16-,21-18-,28-25-,31-29-,33-32-,36-35-,39-38-,43-27-. The van der Waals surface area contributed by atoms with E-state index in [1.54, 1.807) is 0 Å². The maximum absolute atomic E-state index is 12.9.